The van der Waals surface area contributed by atoms with Crippen molar-refractivity contribution in [1.82, 2.24) is 10.3 Å². The average Bonchev–Trinajstić information content (AvgIpc) is 3.39. The van der Waals surface area contributed by atoms with Gasteiger partial charge < -0.3 is 10.1 Å². The molecule has 1 aliphatic heterocycles. The molecule has 1 saturated carbocycles. The molecule has 1 aromatic rings. The van der Waals surface area contributed by atoms with E-state index in [9.17, 15) is 14.4 Å². The molecule has 1 aliphatic carbocycles. The fourth-order valence-corrected chi connectivity index (χ4v) is 3.51. The summed E-state index contributed by atoms with van der Waals surface area (Å²) in [5, 5.41) is 8.68. The van der Waals surface area contributed by atoms with Crippen LogP contribution in [0.15, 0.2) is 35.4 Å². The fourth-order valence-electron chi connectivity index (χ4n) is 3.51. The predicted molar refractivity (Wildman–Crippen MR) is 104 cm³/mol. The number of amides is 2. The lowest BCUT2D eigenvalue weighted by Gasteiger charge is -2.17. The molecule has 0 spiro atoms. The molecular formula is C21H27N3O4. The number of esters is 1. The zero-order valence-corrected chi connectivity index (χ0v) is 16.2. The zero-order chi connectivity index (χ0) is 19.9. The highest BCUT2D eigenvalue weighted by Gasteiger charge is 2.25. The van der Waals surface area contributed by atoms with Gasteiger partial charge in [-0.2, -0.15) is 5.10 Å². The van der Waals surface area contributed by atoms with E-state index in [1.54, 1.807) is 6.92 Å². The van der Waals surface area contributed by atoms with Crippen molar-refractivity contribution < 1.29 is 19.1 Å². The molecule has 3 rings (SSSR count). The Morgan fingerprint density at radius 1 is 1.18 bits per heavy atom. The Hall–Kier alpha value is -2.70. The summed E-state index contributed by atoms with van der Waals surface area (Å²) < 4.78 is 5.17. The summed E-state index contributed by atoms with van der Waals surface area (Å²) in [5.41, 5.74) is 1.87. The molecular weight excluding hydrogens is 358 g/mol. The lowest BCUT2D eigenvalue weighted by Crippen LogP contribution is -2.40. The van der Waals surface area contributed by atoms with E-state index in [1.165, 1.54) is 5.01 Å². The van der Waals surface area contributed by atoms with E-state index in [-0.39, 0.29) is 30.7 Å². The number of benzene rings is 1. The first-order valence-corrected chi connectivity index (χ1v) is 9.96. The van der Waals surface area contributed by atoms with Crippen LogP contribution in [0.2, 0.25) is 0 Å². The number of hydrogen-bond acceptors (Lipinski definition) is 5. The number of rotatable bonds is 7. The molecule has 0 bridgehead atoms. The average molecular weight is 385 g/mol. The summed E-state index contributed by atoms with van der Waals surface area (Å²) in [6, 6.07) is 9.90. The minimum atomic E-state index is -0.849. The van der Waals surface area contributed by atoms with Gasteiger partial charge in [0.2, 0.25) is 5.91 Å². The van der Waals surface area contributed by atoms with Gasteiger partial charge in [-0.1, -0.05) is 43.2 Å². The van der Waals surface area contributed by atoms with Gasteiger partial charge in [-0.05, 0) is 25.3 Å². The predicted octanol–water partition coefficient (Wildman–Crippen LogP) is 2.39. The number of carbonyl (C=O) groups excluding carboxylic acids is 3. The van der Waals surface area contributed by atoms with E-state index in [0.29, 0.717) is 13.0 Å². The Morgan fingerprint density at radius 3 is 2.61 bits per heavy atom. The minimum Gasteiger partial charge on any atom is -0.453 e. The molecule has 7 nitrogen and oxygen atoms in total. The summed E-state index contributed by atoms with van der Waals surface area (Å²) >= 11 is 0. The largest absolute Gasteiger partial charge is 0.453 e. The maximum absolute atomic E-state index is 12.3. The zero-order valence-electron chi connectivity index (χ0n) is 16.2. The molecule has 0 radical (unpaired) electrons. The Kier molecular flexibility index (Phi) is 6.79. The van der Waals surface area contributed by atoms with E-state index in [2.05, 4.69) is 10.4 Å². The molecule has 1 atom stereocenters. The molecule has 1 aromatic carbocycles. The molecule has 1 fully saturated rings. The van der Waals surface area contributed by atoms with E-state index >= 15 is 0 Å². The van der Waals surface area contributed by atoms with Crippen molar-refractivity contribution in [1.29, 1.82) is 0 Å². The van der Waals surface area contributed by atoms with Crippen LogP contribution in [-0.2, 0) is 19.1 Å². The highest BCUT2D eigenvalue weighted by Crippen LogP contribution is 2.18. The van der Waals surface area contributed by atoms with Gasteiger partial charge in [-0.25, -0.2) is 5.01 Å². The molecule has 2 aliphatic rings. The lowest BCUT2D eigenvalue weighted by atomic mass is 10.1. The Bertz CT molecular complexity index is 741. The normalized spacial score (nSPS) is 17.9. The van der Waals surface area contributed by atoms with E-state index in [0.717, 1.165) is 37.0 Å². The second kappa shape index (κ2) is 9.48. The van der Waals surface area contributed by atoms with Gasteiger partial charge in [-0.3, -0.25) is 14.4 Å². The third-order valence-corrected chi connectivity index (χ3v) is 5.12. The van der Waals surface area contributed by atoms with Gasteiger partial charge in [0.15, 0.2) is 6.10 Å². The van der Waals surface area contributed by atoms with Crippen LogP contribution in [0.3, 0.4) is 0 Å². The van der Waals surface area contributed by atoms with Crippen molar-refractivity contribution in [2.75, 3.05) is 6.54 Å². The Morgan fingerprint density at radius 2 is 1.89 bits per heavy atom. The molecule has 2 amide bonds. The molecule has 7 heteroatoms. The number of hydrogen-bond donors (Lipinski definition) is 1. The lowest BCUT2D eigenvalue weighted by molar-refractivity contribution is -0.156. The second-order valence-corrected chi connectivity index (χ2v) is 7.30. The van der Waals surface area contributed by atoms with Crippen LogP contribution >= 0.6 is 0 Å². The molecule has 1 heterocycles. The number of ether oxygens (including phenoxy) is 1. The maximum atomic E-state index is 12.3. The van der Waals surface area contributed by atoms with Crippen LogP contribution < -0.4 is 5.32 Å². The van der Waals surface area contributed by atoms with Crippen molar-refractivity contribution in [2.45, 2.75) is 64.0 Å². The van der Waals surface area contributed by atoms with Crippen molar-refractivity contribution in [3.8, 4) is 0 Å². The summed E-state index contributed by atoms with van der Waals surface area (Å²) in [4.78, 5) is 36.4. The van der Waals surface area contributed by atoms with E-state index in [4.69, 9.17) is 4.74 Å². The monoisotopic (exact) mass is 385 g/mol. The van der Waals surface area contributed by atoms with Crippen molar-refractivity contribution in [2.24, 2.45) is 5.10 Å². The number of hydrazone groups is 1. The second-order valence-electron chi connectivity index (χ2n) is 7.30. The van der Waals surface area contributed by atoms with Gasteiger partial charge in [0.05, 0.1) is 18.7 Å². The van der Waals surface area contributed by atoms with Crippen molar-refractivity contribution in [3.05, 3.63) is 35.9 Å². The molecule has 1 N–H and O–H groups in total. The third kappa shape index (κ3) is 5.41. The summed E-state index contributed by atoms with van der Waals surface area (Å²) in [6.07, 6.45) is 3.98. The first-order chi connectivity index (χ1) is 13.5. The highest BCUT2D eigenvalue weighted by molar-refractivity contribution is 6.02. The molecule has 0 saturated heterocycles. The minimum absolute atomic E-state index is 0.0152. The molecule has 1 unspecified atom stereocenters. The summed E-state index contributed by atoms with van der Waals surface area (Å²) in [5.74, 6) is -1.04. The van der Waals surface area contributed by atoms with Gasteiger partial charge in [0, 0.05) is 18.9 Å². The molecule has 150 valence electrons. The Balaban J connectivity index is 1.41. The first-order valence-electron chi connectivity index (χ1n) is 9.96. The van der Waals surface area contributed by atoms with Gasteiger partial charge in [0.1, 0.15) is 0 Å². The number of nitrogens with zero attached hydrogens (tertiary/aromatic N) is 2. The van der Waals surface area contributed by atoms with Crippen LogP contribution in [0.5, 0.6) is 0 Å². The standard InChI is InChI=1S/C21H27N3O4/c1-15(21(27)22-17-9-5-6-10-17)28-20(26)12-11-19(25)24-14-13-18(23-24)16-7-3-2-4-8-16/h2-4,7-8,15,17H,5-6,9-14H2,1H3,(H,22,27). The number of carbonyl (C=O) groups is 3. The first kappa shape index (κ1) is 20.0. The van der Waals surface area contributed by atoms with Crippen LogP contribution in [-0.4, -0.2) is 47.2 Å². The summed E-state index contributed by atoms with van der Waals surface area (Å²) in [7, 11) is 0. The van der Waals surface area contributed by atoms with Crippen LogP contribution in [0.1, 0.15) is 57.4 Å². The highest BCUT2D eigenvalue weighted by atomic mass is 16.5. The van der Waals surface area contributed by atoms with E-state index in [1.807, 2.05) is 30.3 Å². The summed E-state index contributed by atoms with van der Waals surface area (Å²) in [6.45, 7) is 2.07. The molecule has 28 heavy (non-hydrogen) atoms. The Labute approximate surface area is 165 Å². The quantitative estimate of drug-likeness (QED) is 0.730. The SMILES string of the molecule is CC(OC(=O)CCC(=O)N1CCC(c2ccccc2)=N1)C(=O)NC1CCCC1. The topological polar surface area (TPSA) is 88.1 Å². The van der Waals surface area contributed by atoms with Crippen LogP contribution in [0, 0.1) is 0 Å². The maximum Gasteiger partial charge on any atom is 0.307 e. The van der Waals surface area contributed by atoms with E-state index < -0.39 is 12.1 Å². The van der Waals surface area contributed by atoms with Gasteiger partial charge in [-0.15, -0.1) is 0 Å². The fraction of sp³-hybridized carbons (Fsp3) is 0.524. The van der Waals surface area contributed by atoms with Crippen LogP contribution in [0.25, 0.3) is 0 Å². The van der Waals surface area contributed by atoms with Crippen molar-refractivity contribution >= 4 is 23.5 Å². The smallest absolute Gasteiger partial charge is 0.307 e. The van der Waals surface area contributed by atoms with Gasteiger partial charge >= 0.3 is 5.97 Å². The van der Waals surface area contributed by atoms with Crippen LogP contribution in [0.4, 0.5) is 0 Å². The van der Waals surface area contributed by atoms with Crippen molar-refractivity contribution in [3.63, 3.8) is 0 Å². The van der Waals surface area contributed by atoms with Gasteiger partial charge in [0.25, 0.3) is 5.91 Å². The molecule has 0 aromatic heterocycles. The number of nitrogens with one attached hydrogen (secondary N) is 1. The third-order valence-electron chi connectivity index (χ3n) is 5.12.